The van der Waals surface area contributed by atoms with E-state index in [4.69, 9.17) is 46.4 Å². The molecule has 8 atom stereocenters. The Morgan fingerprint density at radius 1 is 0.417 bits per heavy atom. The molecule has 0 spiro atoms. The molecular formula is C40H20Cl4N4. The largest absolute Gasteiger partial charge is 0.192 e. The molecule has 6 saturated carbocycles. The lowest BCUT2D eigenvalue weighted by molar-refractivity contribution is -0.272. The summed E-state index contributed by atoms with van der Waals surface area (Å²) in [4.78, 5) is 0. The van der Waals surface area contributed by atoms with E-state index in [9.17, 15) is 21.0 Å². The van der Waals surface area contributed by atoms with Crippen molar-refractivity contribution in [3.05, 3.63) is 162 Å². The zero-order valence-corrected chi connectivity index (χ0v) is 27.9. The van der Waals surface area contributed by atoms with Gasteiger partial charge in [0.1, 0.15) is 35.4 Å². The van der Waals surface area contributed by atoms with Gasteiger partial charge in [-0.3, -0.25) is 0 Å². The SMILES string of the molecule is N#CC(C#N)=C1C2C3C(=C(C#N)C#N)C4C2(c2ccc(Cl)cc2)C2(c5ccc(Cl)cc5)C1C3(c1ccc(Cl)cc1)C42c1ccc(Cl)cc1. The maximum Gasteiger partial charge on any atom is 0.129 e. The quantitative estimate of drug-likeness (QED) is 0.199. The minimum Gasteiger partial charge on any atom is -0.192 e. The van der Waals surface area contributed by atoms with Crippen LogP contribution in [0, 0.1) is 69.0 Å². The van der Waals surface area contributed by atoms with E-state index in [1.165, 1.54) is 0 Å². The molecule has 0 heterocycles. The molecule has 6 aliphatic rings. The van der Waals surface area contributed by atoms with Crippen LogP contribution in [-0.2, 0) is 21.7 Å². The van der Waals surface area contributed by atoms with Crippen LogP contribution in [0.2, 0.25) is 20.1 Å². The average Bonchev–Trinajstić information content (AvgIpc) is 3.60. The van der Waals surface area contributed by atoms with Gasteiger partial charge in [-0.05, 0) is 81.9 Å². The first-order chi connectivity index (χ1) is 23.3. The second-order valence-electron chi connectivity index (χ2n) is 13.3. The molecule has 0 radical (unpaired) electrons. The highest BCUT2D eigenvalue weighted by molar-refractivity contribution is 6.31. The molecule has 8 heteroatoms. The minimum atomic E-state index is -0.725. The zero-order valence-electron chi connectivity index (χ0n) is 24.8. The lowest BCUT2D eigenvalue weighted by Crippen LogP contribution is -2.95. The molecule has 0 aliphatic heterocycles. The summed E-state index contributed by atoms with van der Waals surface area (Å²) in [7, 11) is 0. The molecule has 0 N–H and O–H groups in total. The first kappa shape index (κ1) is 29.6. The first-order valence-corrected chi connectivity index (χ1v) is 16.9. The fourth-order valence-corrected chi connectivity index (χ4v) is 12.8. The van der Waals surface area contributed by atoms with E-state index in [0.717, 1.165) is 33.4 Å². The van der Waals surface area contributed by atoms with Crippen LogP contribution in [0.15, 0.2) is 119 Å². The van der Waals surface area contributed by atoms with E-state index >= 15 is 0 Å². The van der Waals surface area contributed by atoms with Crippen LogP contribution in [-0.4, -0.2) is 0 Å². The van der Waals surface area contributed by atoms with Gasteiger partial charge < -0.3 is 0 Å². The van der Waals surface area contributed by atoms with Crippen molar-refractivity contribution in [1.29, 1.82) is 21.0 Å². The van der Waals surface area contributed by atoms with E-state index in [1.54, 1.807) is 0 Å². The maximum atomic E-state index is 10.6. The van der Waals surface area contributed by atoms with Gasteiger partial charge >= 0.3 is 0 Å². The summed E-state index contributed by atoms with van der Waals surface area (Å²) in [5.41, 5.74) is 2.91. The first-order valence-electron chi connectivity index (χ1n) is 15.4. The summed E-state index contributed by atoms with van der Waals surface area (Å²) in [6.07, 6.45) is 0. The van der Waals surface area contributed by atoms with Gasteiger partial charge in [-0.2, -0.15) is 21.0 Å². The molecule has 4 aromatic rings. The Morgan fingerprint density at radius 2 is 0.667 bits per heavy atom. The van der Waals surface area contributed by atoms with Crippen LogP contribution in [0.4, 0.5) is 0 Å². The van der Waals surface area contributed by atoms with Crippen molar-refractivity contribution >= 4 is 46.4 Å². The zero-order chi connectivity index (χ0) is 33.4. The Morgan fingerprint density at radius 3 is 0.917 bits per heavy atom. The summed E-state index contributed by atoms with van der Waals surface area (Å²) in [6.45, 7) is 0. The van der Waals surface area contributed by atoms with Gasteiger partial charge in [0.05, 0.1) is 0 Å². The predicted molar refractivity (Wildman–Crippen MR) is 183 cm³/mol. The van der Waals surface area contributed by atoms with Crippen molar-refractivity contribution in [3.63, 3.8) is 0 Å². The van der Waals surface area contributed by atoms with Crippen LogP contribution in [0.25, 0.3) is 0 Å². The summed E-state index contributed by atoms with van der Waals surface area (Å²) in [5, 5.41) is 44.7. The Balaban J connectivity index is 1.56. The van der Waals surface area contributed by atoms with Crippen molar-refractivity contribution in [2.75, 3.05) is 0 Å². The highest BCUT2D eigenvalue weighted by atomic mass is 35.5. The molecule has 48 heavy (non-hydrogen) atoms. The molecule has 4 nitrogen and oxygen atoms in total. The van der Waals surface area contributed by atoms with Gasteiger partial charge in [-0.15, -0.1) is 0 Å². The molecule has 10 rings (SSSR count). The van der Waals surface area contributed by atoms with Crippen LogP contribution < -0.4 is 0 Å². The Bertz CT molecular complexity index is 2150. The van der Waals surface area contributed by atoms with Gasteiger partial charge in [0.2, 0.25) is 0 Å². The number of allylic oxidation sites excluding steroid dienone is 4. The van der Waals surface area contributed by atoms with Gasteiger partial charge in [-0.1, -0.05) is 94.9 Å². The van der Waals surface area contributed by atoms with Gasteiger partial charge in [0.15, 0.2) is 0 Å². The Hall–Kier alpha value is -4.52. The standard InChI is InChI=1S/C40H20Cl4N4/c41-27-9-1-23(2-10-27)37-33-31(21(17-45)18-46)36-38(24-3-11-28(42)12-4-24)34(33)32(22(19-47)20-48)35(37)40(38,26-7-15-30(44)16-8-26)39(36,37)25-5-13-29(43)14-6-25/h1-16,33-36H. The lowest BCUT2D eigenvalue weighted by atomic mass is 9.11. The summed E-state index contributed by atoms with van der Waals surface area (Å²) in [5.74, 6) is -1.38. The number of nitrogens with zero attached hydrogens (tertiary/aromatic N) is 4. The summed E-state index contributed by atoms with van der Waals surface area (Å²) >= 11 is 26.0. The second-order valence-corrected chi connectivity index (χ2v) is 15.1. The van der Waals surface area contributed by atoms with Crippen molar-refractivity contribution in [3.8, 4) is 24.3 Å². The van der Waals surface area contributed by atoms with E-state index in [2.05, 4.69) is 48.5 Å². The van der Waals surface area contributed by atoms with Crippen molar-refractivity contribution < 1.29 is 0 Å². The molecule has 0 saturated heterocycles. The highest BCUT2D eigenvalue weighted by Crippen LogP contribution is 3.08. The van der Waals surface area contributed by atoms with Gasteiger partial charge in [-0.25, -0.2) is 0 Å². The van der Waals surface area contributed by atoms with Crippen LogP contribution in [0.5, 0.6) is 0 Å². The van der Waals surface area contributed by atoms with Crippen LogP contribution >= 0.6 is 46.4 Å². The van der Waals surface area contributed by atoms with Crippen LogP contribution in [0.3, 0.4) is 0 Å². The normalized spacial score (nSPS) is 33.6. The van der Waals surface area contributed by atoms with Crippen molar-refractivity contribution in [1.82, 2.24) is 0 Å². The molecule has 0 aromatic heterocycles. The number of halogens is 4. The van der Waals surface area contributed by atoms with Gasteiger partial charge in [0.25, 0.3) is 0 Å². The summed E-state index contributed by atoms with van der Waals surface area (Å²) < 4.78 is 0. The topological polar surface area (TPSA) is 95.2 Å². The van der Waals surface area contributed by atoms with Crippen molar-refractivity contribution in [2.45, 2.75) is 21.7 Å². The van der Waals surface area contributed by atoms with E-state index in [-0.39, 0.29) is 34.8 Å². The fraction of sp³-hybridized carbons (Fsp3) is 0.200. The third kappa shape index (κ3) is 2.71. The molecule has 6 aliphatic carbocycles. The molecule has 4 aromatic carbocycles. The second kappa shape index (κ2) is 9.55. The third-order valence-electron chi connectivity index (χ3n) is 12.6. The number of rotatable bonds is 4. The average molecular weight is 698 g/mol. The molecular weight excluding hydrogens is 678 g/mol. The lowest BCUT2D eigenvalue weighted by Gasteiger charge is -2.89. The minimum absolute atomic E-state index is 0.0853. The maximum absolute atomic E-state index is 10.6. The van der Waals surface area contributed by atoms with Crippen LogP contribution in [0.1, 0.15) is 22.3 Å². The monoisotopic (exact) mass is 696 g/mol. The molecule has 6 fully saturated rings. The fourth-order valence-electron chi connectivity index (χ4n) is 12.3. The predicted octanol–water partition coefficient (Wildman–Crippen LogP) is 9.57. The Kier molecular flexibility index (Phi) is 5.89. The number of hydrogen-bond acceptors (Lipinski definition) is 4. The third-order valence-corrected chi connectivity index (χ3v) is 13.6. The molecule has 8 unspecified atom stereocenters. The number of hydrogen-bond donors (Lipinski definition) is 0. The van der Waals surface area contributed by atoms with Gasteiger partial charge in [0, 0.05) is 65.4 Å². The van der Waals surface area contributed by atoms with Crippen molar-refractivity contribution in [2.24, 2.45) is 23.7 Å². The van der Waals surface area contributed by atoms with E-state index in [0.29, 0.717) is 20.1 Å². The molecule has 4 bridgehead atoms. The number of benzene rings is 4. The Labute approximate surface area is 297 Å². The highest BCUT2D eigenvalue weighted by Gasteiger charge is 3.11. The summed E-state index contributed by atoms with van der Waals surface area (Å²) in [6, 6.07) is 40.5. The van der Waals surface area contributed by atoms with E-state index in [1.807, 2.05) is 72.8 Å². The number of nitriles is 4. The smallest absolute Gasteiger partial charge is 0.129 e. The van der Waals surface area contributed by atoms with E-state index < -0.39 is 21.7 Å². The molecule has 0 amide bonds. The molecule has 228 valence electrons.